The van der Waals surface area contributed by atoms with Crippen LogP contribution in [0.5, 0.6) is 0 Å². The van der Waals surface area contributed by atoms with E-state index in [-0.39, 0.29) is 34.6 Å². The predicted octanol–water partition coefficient (Wildman–Crippen LogP) is 2.82. The van der Waals surface area contributed by atoms with Crippen molar-refractivity contribution in [3.05, 3.63) is 29.8 Å². The third kappa shape index (κ3) is 3.24. The van der Waals surface area contributed by atoms with Gasteiger partial charge in [-0.2, -0.15) is 4.99 Å². The Morgan fingerprint density at radius 1 is 1.24 bits per heavy atom. The van der Waals surface area contributed by atoms with E-state index in [0.717, 1.165) is 24.1 Å². The maximum absolute atomic E-state index is 12.3. The Morgan fingerprint density at radius 3 is 2.64 bits per heavy atom. The number of aliphatic imine (C=N–C) groups is 1. The lowest BCUT2D eigenvalue weighted by Gasteiger charge is -2.28. The normalized spacial score (nSPS) is 29.4. The Labute approximate surface area is 152 Å². The number of rotatable bonds is 3. The van der Waals surface area contributed by atoms with Crippen LogP contribution in [0.1, 0.15) is 38.2 Å². The van der Waals surface area contributed by atoms with Crippen molar-refractivity contribution in [1.82, 2.24) is 0 Å². The number of hydrogen-bond acceptors (Lipinski definition) is 4. The number of fused-ring (bicyclic) bond motifs is 1. The fourth-order valence-corrected chi connectivity index (χ4v) is 7.47. The summed E-state index contributed by atoms with van der Waals surface area (Å²) in [5.74, 6) is 0.614. The van der Waals surface area contributed by atoms with Crippen LogP contribution in [-0.2, 0) is 14.6 Å². The number of nitrogens with zero attached hydrogens (tertiary/aromatic N) is 2. The van der Waals surface area contributed by atoms with Crippen LogP contribution in [0.4, 0.5) is 5.69 Å². The summed E-state index contributed by atoms with van der Waals surface area (Å²) in [6, 6.07) is 7.91. The van der Waals surface area contributed by atoms with Crippen molar-refractivity contribution in [1.29, 1.82) is 0 Å². The van der Waals surface area contributed by atoms with E-state index in [1.807, 2.05) is 23.1 Å². The number of sulfone groups is 1. The van der Waals surface area contributed by atoms with Gasteiger partial charge in [-0.15, -0.1) is 0 Å². The van der Waals surface area contributed by atoms with Gasteiger partial charge in [0.05, 0.1) is 17.5 Å². The minimum Gasteiger partial charge on any atom is -0.315 e. The molecule has 0 unspecified atom stereocenters. The van der Waals surface area contributed by atoms with E-state index < -0.39 is 9.84 Å². The number of benzene rings is 1. The Hall–Kier alpha value is -1.34. The minimum absolute atomic E-state index is 0.0454. The Balaban J connectivity index is 1.78. The second kappa shape index (κ2) is 6.13. The Morgan fingerprint density at radius 2 is 1.96 bits per heavy atom. The lowest BCUT2D eigenvalue weighted by molar-refractivity contribution is -0.118. The molecular formula is C18H22N2O3S2. The van der Waals surface area contributed by atoms with E-state index in [9.17, 15) is 13.2 Å². The predicted molar refractivity (Wildman–Crippen MR) is 102 cm³/mol. The lowest BCUT2D eigenvalue weighted by atomic mass is 9.99. The van der Waals surface area contributed by atoms with Gasteiger partial charge in [-0.05, 0) is 30.4 Å². The van der Waals surface area contributed by atoms with Crippen molar-refractivity contribution in [3.63, 3.8) is 0 Å². The minimum atomic E-state index is -3.04. The lowest BCUT2D eigenvalue weighted by Crippen LogP contribution is -2.38. The molecule has 0 radical (unpaired) electrons. The number of para-hydroxylation sites is 1. The van der Waals surface area contributed by atoms with Crippen molar-refractivity contribution in [3.8, 4) is 0 Å². The Kier molecular flexibility index (Phi) is 4.19. The Bertz CT molecular complexity index is 844. The molecule has 2 atom stereocenters. The summed E-state index contributed by atoms with van der Waals surface area (Å²) in [5, 5.41) is 0.630. The molecule has 7 heteroatoms. The highest BCUT2D eigenvalue weighted by molar-refractivity contribution is 8.16. The first-order chi connectivity index (χ1) is 11.9. The van der Waals surface area contributed by atoms with Crippen molar-refractivity contribution in [2.45, 2.75) is 43.9 Å². The van der Waals surface area contributed by atoms with Gasteiger partial charge in [-0.1, -0.05) is 43.8 Å². The first-order valence-corrected chi connectivity index (χ1v) is 11.4. The summed E-state index contributed by atoms with van der Waals surface area (Å²) in [7, 11) is -3.04. The van der Waals surface area contributed by atoms with E-state index in [1.165, 1.54) is 11.8 Å². The number of thioether (sulfide) groups is 1. The molecule has 4 rings (SSSR count). The van der Waals surface area contributed by atoms with Gasteiger partial charge in [-0.25, -0.2) is 8.42 Å². The zero-order valence-electron chi connectivity index (χ0n) is 14.4. The van der Waals surface area contributed by atoms with Gasteiger partial charge in [0.1, 0.15) is 0 Å². The molecular weight excluding hydrogens is 356 g/mol. The summed E-state index contributed by atoms with van der Waals surface area (Å²) >= 11 is 1.46. The first-order valence-electron chi connectivity index (χ1n) is 8.73. The summed E-state index contributed by atoms with van der Waals surface area (Å²) in [6.45, 7) is 4.24. The molecule has 3 aliphatic rings. The number of carbonyl (C=O) groups is 1. The molecule has 3 fully saturated rings. The maximum Gasteiger partial charge on any atom is 0.251 e. The molecule has 0 spiro atoms. The van der Waals surface area contributed by atoms with Crippen LogP contribution in [-0.4, -0.2) is 42.3 Å². The monoisotopic (exact) mass is 378 g/mol. The molecule has 1 amide bonds. The largest absolute Gasteiger partial charge is 0.315 e. The van der Waals surface area contributed by atoms with Gasteiger partial charge >= 0.3 is 0 Å². The first kappa shape index (κ1) is 17.1. The molecule has 2 saturated heterocycles. The van der Waals surface area contributed by atoms with Crippen molar-refractivity contribution < 1.29 is 13.2 Å². The van der Waals surface area contributed by atoms with E-state index >= 15 is 0 Å². The van der Waals surface area contributed by atoms with Crippen molar-refractivity contribution in [2.75, 3.05) is 16.4 Å². The summed E-state index contributed by atoms with van der Waals surface area (Å²) in [4.78, 5) is 18.7. The SMILES string of the molecule is CC(C)c1ccccc1N1C(=NC(=O)C2CC2)S[C@H]2CS(=O)(=O)C[C@@H]21. The summed E-state index contributed by atoms with van der Waals surface area (Å²) in [6.07, 6.45) is 1.84. The third-order valence-electron chi connectivity index (χ3n) is 5.02. The molecule has 5 nitrogen and oxygen atoms in total. The zero-order valence-corrected chi connectivity index (χ0v) is 16.0. The summed E-state index contributed by atoms with van der Waals surface area (Å²) in [5.41, 5.74) is 2.14. The topological polar surface area (TPSA) is 66.8 Å². The van der Waals surface area contributed by atoms with Crippen LogP contribution in [0, 0.1) is 5.92 Å². The molecule has 134 valence electrons. The van der Waals surface area contributed by atoms with Crippen LogP contribution in [0.25, 0.3) is 0 Å². The van der Waals surface area contributed by atoms with Gasteiger partial charge in [0.2, 0.25) is 0 Å². The zero-order chi connectivity index (χ0) is 17.8. The maximum atomic E-state index is 12.3. The van der Waals surface area contributed by atoms with Gasteiger partial charge in [0.25, 0.3) is 5.91 Å². The number of amidine groups is 1. The molecule has 1 aliphatic carbocycles. The average Bonchev–Trinajstić information content (AvgIpc) is 3.28. The second-order valence-electron chi connectivity index (χ2n) is 7.39. The molecule has 25 heavy (non-hydrogen) atoms. The fourth-order valence-electron chi connectivity index (χ4n) is 3.56. The van der Waals surface area contributed by atoms with E-state index in [4.69, 9.17) is 0 Å². The van der Waals surface area contributed by atoms with Crippen LogP contribution in [0.2, 0.25) is 0 Å². The standard InChI is InChI=1S/C18H22N2O3S2/c1-11(2)13-5-3-4-6-14(13)20-15-9-25(22,23)10-16(15)24-18(20)19-17(21)12-7-8-12/h3-6,11-12,15-16H,7-10H2,1-2H3/t15-,16-/m0/s1. The van der Waals surface area contributed by atoms with Gasteiger partial charge in [0.15, 0.2) is 15.0 Å². The van der Waals surface area contributed by atoms with Gasteiger partial charge < -0.3 is 4.90 Å². The van der Waals surface area contributed by atoms with E-state index in [2.05, 4.69) is 24.9 Å². The third-order valence-corrected chi connectivity index (χ3v) is 8.23. The van der Waals surface area contributed by atoms with Crippen LogP contribution in [0.3, 0.4) is 0 Å². The van der Waals surface area contributed by atoms with Crippen LogP contribution >= 0.6 is 11.8 Å². The quantitative estimate of drug-likeness (QED) is 0.809. The molecule has 2 heterocycles. The smallest absolute Gasteiger partial charge is 0.251 e. The molecule has 0 bridgehead atoms. The van der Waals surface area contributed by atoms with Crippen LogP contribution in [0.15, 0.2) is 29.3 Å². The van der Waals surface area contributed by atoms with Crippen molar-refractivity contribution >= 4 is 38.4 Å². The van der Waals surface area contributed by atoms with Gasteiger partial charge in [-0.3, -0.25) is 4.79 Å². The summed E-state index contributed by atoms with van der Waals surface area (Å²) < 4.78 is 24.3. The fraction of sp³-hybridized carbons (Fsp3) is 0.556. The second-order valence-corrected chi connectivity index (χ2v) is 10.8. The van der Waals surface area contributed by atoms with E-state index in [0.29, 0.717) is 11.1 Å². The number of amides is 1. The molecule has 0 N–H and O–H groups in total. The van der Waals surface area contributed by atoms with Crippen LogP contribution < -0.4 is 4.90 Å². The van der Waals surface area contributed by atoms with Crippen molar-refractivity contribution in [2.24, 2.45) is 10.9 Å². The highest BCUT2D eigenvalue weighted by atomic mass is 32.2. The molecule has 2 aliphatic heterocycles. The average molecular weight is 379 g/mol. The van der Waals surface area contributed by atoms with Gasteiger partial charge in [0, 0.05) is 16.9 Å². The number of hydrogen-bond donors (Lipinski definition) is 0. The molecule has 1 aromatic carbocycles. The molecule has 1 saturated carbocycles. The molecule has 0 aromatic heterocycles. The molecule has 1 aromatic rings. The highest BCUT2D eigenvalue weighted by Crippen LogP contribution is 2.43. The number of anilines is 1. The number of carbonyl (C=O) groups excluding carboxylic acids is 1. The highest BCUT2D eigenvalue weighted by Gasteiger charge is 2.50. The van der Waals surface area contributed by atoms with E-state index in [1.54, 1.807) is 0 Å².